The van der Waals surface area contributed by atoms with Crippen molar-refractivity contribution in [3.63, 3.8) is 0 Å². The molecule has 1 N–H and O–H groups in total. The molecule has 0 aliphatic heterocycles. The monoisotopic (exact) mass is 421 g/mol. The highest BCUT2D eigenvalue weighted by Crippen LogP contribution is 2.29. The fourth-order valence-electron chi connectivity index (χ4n) is 2.66. The summed E-state index contributed by atoms with van der Waals surface area (Å²) in [6, 6.07) is 12.6. The molecule has 0 bridgehead atoms. The standard InChI is InChI=1S/C24H27N3O4/c1-6-30-22-13-18(10-11-21(22)31-15-23(28)27(4)5)12-19(14-25)24(29)26-20-9-7-8-16(2)17(20)3/h7-13H,6,15H2,1-5H3,(H,26,29)/b19-12+. The van der Waals surface area contributed by atoms with Gasteiger partial charge in [0.2, 0.25) is 0 Å². The lowest BCUT2D eigenvalue weighted by Gasteiger charge is -2.14. The summed E-state index contributed by atoms with van der Waals surface area (Å²) in [5, 5.41) is 12.3. The van der Waals surface area contributed by atoms with Gasteiger partial charge in [0, 0.05) is 19.8 Å². The summed E-state index contributed by atoms with van der Waals surface area (Å²) in [5.41, 5.74) is 3.21. The van der Waals surface area contributed by atoms with Gasteiger partial charge in [0.05, 0.1) is 6.61 Å². The van der Waals surface area contributed by atoms with E-state index in [1.807, 2.05) is 39.0 Å². The minimum Gasteiger partial charge on any atom is -0.490 e. The van der Waals surface area contributed by atoms with E-state index in [4.69, 9.17) is 9.47 Å². The van der Waals surface area contributed by atoms with Crippen molar-refractivity contribution in [2.24, 2.45) is 0 Å². The molecule has 0 atom stereocenters. The van der Waals surface area contributed by atoms with Crippen LogP contribution in [-0.2, 0) is 9.59 Å². The van der Waals surface area contributed by atoms with Crippen LogP contribution in [-0.4, -0.2) is 44.0 Å². The molecule has 0 saturated carbocycles. The van der Waals surface area contributed by atoms with E-state index in [9.17, 15) is 14.9 Å². The number of anilines is 1. The predicted octanol–water partition coefficient (Wildman–Crippen LogP) is 3.71. The van der Waals surface area contributed by atoms with E-state index >= 15 is 0 Å². The summed E-state index contributed by atoms with van der Waals surface area (Å²) in [4.78, 5) is 25.8. The van der Waals surface area contributed by atoms with E-state index in [2.05, 4.69) is 5.32 Å². The largest absolute Gasteiger partial charge is 0.490 e. The number of hydrogen-bond donors (Lipinski definition) is 1. The summed E-state index contributed by atoms with van der Waals surface area (Å²) < 4.78 is 11.2. The Morgan fingerprint density at radius 3 is 2.52 bits per heavy atom. The van der Waals surface area contributed by atoms with Crippen LogP contribution in [0, 0.1) is 25.2 Å². The van der Waals surface area contributed by atoms with Crippen LogP contribution in [0.25, 0.3) is 6.08 Å². The smallest absolute Gasteiger partial charge is 0.266 e. The fraction of sp³-hybridized carbons (Fsp3) is 0.292. The van der Waals surface area contributed by atoms with Crippen LogP contribution in [0.5, 0.6) is 11.5 Å². The van der Waals surface area contributed by atoms with E-state index in [-0.39, 0.29) is 18.1 Å². The van der Waals surface area contributed by atoms with Crippen LogP contribution in [0.1, 0.15) is 23.6 Å². The quantitative estimate of drug-likeness (QED) is 0.518. The number of rotatable bonds is 8. The van der Waals surface area contributed by atoms with Crippen molar-refractivity contribution in [2.45, 2.75) is 20.8 Å². The van der Waals surface area contributed by atoms with Gasteiger partial charge >= 0.3 is 0 Å². The van der Waals surface area contributed by atoms with E-state index in [1.165, 1.54) is 11.0 Å². The van der Waals surface area contributed by atoms with Gasteiger partial charge in [-0.2, -0.15) is 5.26 Å². The Morgan fingerprint density at radius 1 is 1.13 bits per heavy atom. The number of nitrogens with one attached hydrogen (secondary N) is 1. The average Bonchev–Trinajstić information content (AvgIpc) is 2.74. The summed E-state index contributed by atoms with van der Waals surface area (Å²) in [7, 11) is 3.30. The van der Waals surface area contributed by atoms with Crippen molar-refractivity contribution in [2.75, 3.05) is 32.6 Å². The summed E-state index contributed by atoms with van der Waals surface area (Å²) in [6.45, 7) is 5.97. The molecule has 2 aromatic rings. The van der Waals surface area contributed by atoms with Crippen LogP contribution in [0.2, 0.25) is 0 Å². The summed E-state index contributed by atoms with van der Waals surface area (Å²) >= 11 is 0. The maximum absolute atomic E-state index is 12.6. The van der Waals surface area contributed by atoms with Gasteiger partial charge < -0.3 is 19.7 Å². The van der Waals surface area contributed by atoms with Crippen molar-refractivity contribution in [3.05, 3.63) is 58.7 Å². The molecule has 2 rings (SSSR count). The van der Waals surface area contributed by atoms with Gasteiger partial charge in [-0.05, 0) is 61.7 Å². The van der Waals surface area contributed by atoms with Crippen LogP contribution in [0.15, 0.2) is 42.0 Å². The van der Waals surface area contributed by atoms with E-state index in [0.717, 1.165) is 11.1 Å². The van der Waals surface area contributed by atoms with Crippen LogP contribution >= 0.6 is 0 Å². The van der Waals surface area contributed by atoms with Crippen LogP contribution in [0.4, 0.5) is 5.69 Å². The molecule has 0 aliphatic rings. The molecule has 2 amide bonds. The van der Waals surface area contributed by atoms with Crippen molar-refractivity contribution in [1.82, 2.24) is 4.90 Å². The van der Waals surface area contributed by atoms with Crippen LogP contribution in [0.3, 0.4) is 0 Å². The second kappa shape index (κ2) is 10.8. The topological polar surface area (TPSA) is 91.7 Å². The molecular formula is C24H27N3O4. The third-order valence-corrected chi connectivity index (χ3v) is 4.65. The van der Waals surface area contributed by atoms with Crippen molar-refractivity contribution in [3.8, 4) is 17.6 Å². The van der Waals surface area contributed by atoms with Crippen molar-refractivity contribution >= 4 is 23.6 Å². The van der Waals surface area contributed by atoms with E-state index in [0.29, 0.717) is 29.4 Å². The maximum atomic E-state index is 12.6. The molecule has 0 unspecified atom stereocenters. The predicted molar refractivity (Wildman–Crippen MR) is 120 cm³/mol. The molecule has 7 heteroatoms. The van der Waals surface area contributed by atoms with Gasteiger partial charge in [-0.3, -0.25) is 9.59 Å². The number of nitrogens with zero attached hydrogens (tertiary/aromatic N) is 2. The zero-order valence-corrected chi connectivity index (χ0v) is 18.5. The second-order valence-electron chi connectivity index (χ2n) is 7.09. The third-order valence-electron chi connectivity index (χ3n) is 4.65. The first-order chi connectivity index (χ1) is 14.8. The first-order valence-electron chi connectivity index (χ1n) is 9.86. The number of hydrogen-bond acceptors (Lipinski definition) is 5. The van der Waals surface area contributed by atoms with E-state index < -0.39 is 5.91 Å². The fourth-order valence-corrected chi connectivity index (χ4v) is 2.66. The number of likely N-dealkylation sites (N-methyl/N-ethyl adjacent to an activating group) is 1. The number of aryl methyl sites for hydroxylation is 1. The van der Waals surface area contributed by atoms with Gasteiger partial charge in [0.1, 0.15) is 11.6 Å². The molecule has 0 radical (unpaired) electrons. The molecule has 2 aromatic carbocycles. The highest BCUT2D eigenvalue weighted by Gasteiger charge is 2.14. The molecule has 0 saturated heterocycles. The maximum Gasteiger partial charge on any atom is 0.266 e. The zero-order valence-electron chi connectivity index (χ0n) is 18.5. The Bertz CT molecular complexity index is 1040. The minimum atomic E-state index is -0.494. The average molecular weight is 421 g/mol. The normalized spacial score (nSPS) is 10.8. The highest BCUT2D eigenvalue weighted by molar-refractivity contribution is 6.10. The minimum absolute atomic E-state index is 0.0418. The molecule has 0 aromatic heterocycles. The van der Waals surface area contributed by atoms with Gasteiger partial charge in [0.25, 0.3) is 11.8 Å². The Hall–Kier alpha value is -3.79. The van der Waals surface area contributed by atoms with Crippen LogP contribution < -0.4 is 14.8 Å². The molecule has 7 nitrogen and oxygen atoms in total. The van der Waals surface area contributed by atoms with Gasteiger partial charge in [-0.25, -0.2) is 0 Å². The lowest BCUT2D eigenvalue weighted by molar-refractivity contribution is -0.130. The SMILES string of the molecule is CCOc1cc(/C=C(\C#N)C(=O)Nc2cccc(C)c2C)ccc1OCC(=O)N(C)C. The lowest BCUT2D eigenvalue weighted by atomic mass is 10.1. The van der Waals surface area contributed by atoms with Gasteiger partial charge in [-0.15, -0.1) is 0 Å². The first kappa shape index (κ1) is 23.5. The second-order valence-corrected chi connectivity index (χ2v) is 7.09. The van der Waals surface area contributed by atoms with Crippen molar-refractivity contribution in [1.29, 1.82) is 5.26 Å². The molecule has 31 heavy (non-hydrogen) atoms. The van der Waals surface area contributed by atoms with Gasteiger partial charge in [-0.1, -0.05) is 18.2 Å². The number of amides is 2. The van der Waals surface area contributed by atoms with Gasteiger partial charge in [0.15, 0.2) is 18.1 Å². The molecular weight excluding hydrogens is 394 g/mol. The highest BCUT2D eigenvalue weighted by atomic mass is 16.5. The molecule has 0 fully saturated rings. The Balaban J connectivity index is 2.25. The number of ether oxygens (including phenoxy) is 2. The summed E-state index contributed by atoms with van der Waals surface area (Å²) in [6.07, 6.45) is 1.48. The first-order valence-corrected chi connectivity index (χ1v) is 9.86. The molecule has 0 heterocycles. The third kappa shape index (κ3) is 6.34. The zero-order chi connectivity index (χ0) is 23.0. The number of nitriles is 1. The lowest BCUT2D eigenvalue weighted by Crippen LogP contribution is -2.27. The Morgan fingerprint density at radius 2 is 1.87 bits per heavy atom. The number of benzene rings is 2. The molecule has 0 aliphatic carbocycles. The number of carbonyl (C=O) groups is 2. The Kier molecular flexibility index (Phi) is 8.21. The van der Waals surface area contributed by atoms with E-state index in [1.54, 1.807) is 38.4 Å². The summed E-state index contributed by atoms with van der Waals surface area (Å²) in [5.74, 6) is 0.162. The molecule has 0 spiro atoms. The Labute approximate surface area is 182 Å². The number of carbonyl (C=O) groups excluding carboxylic acids is 2. The molecule has 162 valence electrons. The van der Waals surface area contributed by atoms with Crippen molar-refractivity contribution < 1.29 is 19.1 Å².